The van der Waals surface area contributed by atoms with Crippen molar-refractivity contribution in [1.29, 1.82) is 0 Å². The predicted octanol–water partition coefficient (Wildman–Crippen LogP) is 2.93. The Hall–Kier alpha value is -0.570. The summed E-state index contributed by atoms with van der Waals surface area (Å²) in [6.45, 7) is 6.97. The third-order valence-corrected chi connectivity index (χ3v) is 3.97. The van der Waals surface area contributed by atoms with Crippen molar-refractivity contribution in [1.82, 2.24) is 4.90 Å². The second-order valence-electron chi connectivity index (χ2n) is 5.60. The number of likely N-dealkylation sites (tertiary alicyclic amines) is 1. The Labute approximate surface area is 108 Å². The lowest BCUT2D eigenvalue weighted by Crippen LogP contribution is -2.48. The molecule has 1 aromatic rings. The van der Waals surface area contributed by atoms with E-state index in [1.807, 2.05) is 18.2 Å². The number of hydrogen-bond donors (Lipinski definition) is 1. The first-order chi connectivity index (χ1) is 7.99. The summed E-state index contributed by atoms with van der Waals surface area (Å²) in [4.78, 5) is 2.37. The molecule has 0 bridgehead atoms. The smallest absolute Gasteiger partial charge is 0.0615 e. The van der Waals surface area contributed by atoms with Crippen LogP contribution in [0.3, 0.4) is 0 Å². The van der Waals surface area contributed by atoms with Gasteiger partial charge in [-0.15, -0.1) is 0 Å². The lowest BCUT2D eigenvalue weighted by Gasteiger charge is -2.41. The highest BCUT2D eigenvalue weighted by Crippen LogP contribution is 2.30. The highest BCUT2D eigenvalue weighted by Gasteiger charge is 2.34. The van der Waals surface area contributed by atoms with Gasteiger partial charge in [0.05, 0.1) is 6.10 Å². The van der Waals surface area contributed by atoms with Crippen molar-refractivity contribution in [2.45, 2.75) is 32.9 Å². The fourth-order valence-corrected chi connectivity index (χ4v) is 2.65. The summed E-state index contributed by atoms with van der Waals surface area (Å²) in [6.07, 6.45) is 0.655. The van der Waals surface area contributed by atoms with E-state index >= 15 is 0 Å². The first-order valence-electron chi connectivity index (χ1n) is 6.13. The van der Waals surface area contributed by atoms with Crippen LogP contribution in [-0.4, -0.2) is 29.2 Å². The van der Waals surface area contributed by atoms with Gasteiger partial charge in [-0.3, -0.25) is 4.90 Å². The van der Waals surface area contributed by atoms with E-state index in [2.05, 4.69) is 24.8 Å². The zero-order valence-electron chi connectivity index (χ0n) is 10.5. The van der Waals surface area contributed by atoms with Crippen molar-refractivity contribution < 1.29 is 5.11 Å². The van der Waals surface area contributed by atoms with Crippen LogP contribution in [0.5, 0.6) is 0 Å². The molecule has 1 heterocycles. The monoisotopic (exact) mass is 253 g/mol. The maximum atomic E-state index is 9.92. The molecule has 3 heteroatoms. The Morgan fingerprint density at radius 3 is 2.76 bits per heavy atom. The molecule has 1 fully saturated rings. The molecule has 0 aromatic heterocycles. The van der Waals surface area contributed by atoms with Crippen molar-refractivity contribution in [2.75, 3.05) is 13.1 Å². The summed E-state index contributed by atoms with van der Waals surface area (Å²) >= 11 is 6.17. The van der Waals surface area contributed by atoms with Crippen LogP contribution in [0.4, 0.5) is 0 Å². The van der Waals surface area contributed by atoms with Gasteiger partial charge in [-0.25, -0.2) is 0 Å². The first kappa shape index (κ1) is 12.9. The number of piperidine rings is 1. The van der Waals surface area contributed by atoms with E-state index in [0.717, 1.165) is 31.1 Å². The summed E-state index contributed by atoms with van der Waals surface area (Å²) in [6, 6.07) is 7.97. The molecule has 1 aliphatic rings. The van der Waals surface area contributed by atoms with Crippen molar-refractivity contribution in [3.8, 4) is 0 Å². The number of benzene rings is 1. The van der Waals surface area contributed by atoms with Crippen LogP contribution < -0.4 is 0 Å². The van der Waals surface area contributed by atoms with Gasteiger partial charge >= 0.3 is 0 Å². The number of aliphatic hydroxyl groups excluding tert-OH is 1. The lowest BCUT2D eigenvalue weighted by atomic mass is 9.81. The molecule has 1 aliphatic heterocycles. The van der Waals surface area contributed by atoms with Crippen molar-refractivity contribution in [2.24, 2.45) is 5.41 Å². The van der Waals surface area contributed by atoms with E-state index in [1.54, 1.807) is 0 Å². The zero-order valence-corrected chi connectivity index (χ0v) is 11.2. The number of nitrogens with zero attached hydrogens (tertiary/aromatic N) is 1. The normalized spacial score (nSPS) is 24.8. The molecule has 0 spiro atoms. The van der Waals surface area contributed by atoms with E-state index in [-0.39, 0.29) is 11.5 Å². The Bertz CT molecular complexity index is 392. The molecule has 1 unspecified atom stereocenters. The molecule has 94 valence electrons. The summed E-state index contributed by atoms with van der Waals surface area (Å²) in [7, 11) is 0. The van der Waals surface area contributed by atoms with Gasteiger partial charge < -0.3 is 5.11 Å². The summed E-state index contributed by atoms with van der Waals surface area (Å²) in [5.74, 6) is 0. The molecule has 1 aromatic carbocycles. The minimum absolute atomic E-state index is 0.0283. The minimum atomic E-state index is -0.190. The molecule has 1 atom stereocenters. The lowest BCUT2D eigenvalue weighted by molar-refractivity contribution is -0.0269. The van der Waals surface area contributed by atoms with Crippen LogP contribution in [0.1, 0.15) is 25.8 Å². The van der Waals surface area contributed by atoms with Crippen molar-refractivity contribution in [3.63, 3.8) is 0 Å². The molecule has 0 amide bonds. The van der Waals surface area contributed by atoms with Crippen LogP contribution in [0.25, 0.3) is 0 Å². The number of halogens is 1. The molecule has 2 nitrogen and oxygen atoms in total. The van der Waals surface area contributed by atoms with E-state index in [0.29, 0.717) is 0 Å². The first-order valence-corrected chi connectivity index (χ1v) is 6.51. The van der Waals surface area contributed by atoms with E-state index in [1.165, 1.54) is 5.56 Å². The molecule has 2 rings (SSSR count). The van der Waals surface area contributed by atoms with Gasteiger partial charge in [0, 0.05) is 30.1 Å². The zero-order chi connectivity index (χ0) is 12.5. The van der Waals surface area contributed by atoms with Crippen molar-refractivity contribution >= 4 is 11.6 Å². The standard InChI is InChI=1S/C14H20ClNO/c1-14(2)10-16(8-7-13(14)17)9-11-5-3-4-6-12(11)15/h3-6,13,17H,7-10H2,1-2H3. The molecule has 0 aliphatic carbocycles. The maximum Gasteiger partial charge on any atom is 0.0615 e. The Balaban J connectivity index is 2.04. The van der Waals surface area contributed by atoms with Crippen molar-refractivity contribution in [3.05, 3.63) is 34.9 Å². The third kappa shape index (κ3) is 3.01. The minimum Gasteiger partial charge on any atom is -0.392 e. The van der Waals surface area contributed by atoms with E-state index in [4.69, 9.17) is 11.6 Å². The van der Waals surface area contributed by atoms with Gasteiger partial charge in [0.15, 0.2) is 0 Å². The fourth-order valence-electron chi connectivity index (χ4n) is 2.46. The largest absolute Gasteiger partial charge is 0.392 e. The quantitative estimate of drug-likeness (QED) is 0.876. The third-order valence-electron chi connectivity index (χ3n) is 3.60. The fraction of sp³-hybridized carbons (Fsp3) is 0.571. The van der Waals surface area contributed by atoms with Gasteiger partial charge in [-0.2, -0.15) is 0 Å². The van der Waals surface area contributed by atoms with Gasteiger partial charge in [0.1, 0.15) is 0 Å². The second kappa shape index (κ2) is 4.97. The molecular weight excluding hydrogens is 234 g/mol. The molecule has 0 saturated carbocycles. The van der Waals surface area contributed by atoms with E-state index in [9.17, 15) is 5.11 Å². The van der Waals surface area contributed by atoms with Crippen LogP contribution in [0, 0.1) is 5.41 Å². The SMILES string of the molecule is CC1(C)CN(Cc2ccccc2Cl)CCC1O. The summed E-state index contributed by atoms with van der Waals surface area (Å²) in [5.41, 5.74) is 1.14. The summed E-state index contributed by atoms with van der Waals surface area (Å²) < 4.78 is 0. The maximum absolute atomic E-state index is 9.92. The molecule has 0 radical (unpaired) electrons. The average molecular weight is 254 g/mol. The second-order valence-corrected chi connectivity index (χ2v) is 6.00. The van der Waals surface area contributed by atoms with Crippen LogP contribution in [0.15, 0.2) is 24.3 Å². The van der Waals surface area contributed by atoms with Gasteiger partial charge in [-0.1, -0.05) is 43.6 Å². The van der Waals surface area contributed by atoms with Crippen LogP contribution in [-0.2, 0) is 6.54 Å². The highest BCUT2D eigenvalue weighted by molar-refractivity contribution is 6.31. The Morgan fingerprint density at radius 1 is 1.41 bits per heavy atom. The summed E-state index contributed by atoms with van der Waals surface area (Å²) in [5, 5.41) is 10.8. The van der Waals surface area contributed by atoms with Gasteiger partial charge in [0.25, 0.3) is 0 Å². The van der Waals surface area contributed by atoms with Crippen LogP contribution in [0.2, 0.25) is 5.02 Å². The molecule has 17 heavy (non-hydrogen) atoms. The van der Waals surface area contributed by atoms with Gasteiger partial charge in [-0.05, 0) is 18.1 Å². The number of rotatable bonds is 2. The molecule has 1 saturated heterocycles. The van der Waals surface area contributed by atoms with Gasteiger partial charge in [0.2, 0.25) is 0 Å². The topological polar surface area (TPSA) is 23.5 Å². The molecule has 1 N–H and O–H groups in total. The Kier molecular flexibility index (Phi) is 3.76. The Morgan fingerprint density at radius 2 is 2.12 bits per heavy atom. The van der Waals surface area contributed by atoms with E-state index < -0.39 is 0 Å². The number of aliphatic hydroxyl groups is 1. The average Bonchev–Trinajstić information content (AvgIpc) is 2.26. The molecular formula is C14H20ClNO. The predicted molar refractivity (Wildman–Crippen MR) is 71.1 cm³/mol. The highest BCUT2D eigenvalue weighted by atomic mass is 35.5. The van der Waals surface area contributed by atoms with Crippen LogP contribution >= 0.6 is 11.6 Å². The number of hydrogen-bond acceptors (Lipinski definition) is 2.